The molecule has 2 rings (SSSR count). The van der Waals surface area contributed by atoms with Gasteiger partial charge in [-0.05, 0) is 6.42 Å². The zero-order valence-corrected chi connectivity index (χ0v) is 13.8. The van der Waals surface area contributed by atoms with E-state index < -0.39 is 26.1 Å². The number of sulfone groups is 1. The lowest BCUT2D eigenvalue weighted by Crippen LogP contribution is -2.55. The second-order valence-electron chi connectivity index (χ2n) is 5.32. The van der Waals surface area contributed by atoms with Crippen LogP contribution < -0.4 is 5.32 Å². The Kier molecular flexibility index (Phi) is 5.60. The average Bonchev–Trinajstić information content (AvgIpc) is 2.80. The van der Waals surface area contributed by atoms with E-state index in [1.54, 1.807) is 0 Å². The summed E-state index contributed by atoms with van der Waals surface area (Å²) in [6, 6.07) is -0.481. The molecule has 0 amide bonds. The van der Waals surface area contributed by atoms with Gasteiger partial charge in [0.15, 0.2) is 9.84 Å². The lowest BCUT2D eigenvalue weighted by Gasteiger charge is -2.34. The molecule has 1 atom stereocenters. The van der Waals surface area contributed by atoms with Crippen molar-refractivity contribution in [3.63, 3.8) is 0 Å². The van der Waals surface area contributed by atoms with Crippen molar-refractivity contribution in [2.75, 3.05) is 57.9 Å². The molecule has 2 heterocycles. The monoisotopic (exact) mass is 341 g/mol. The molecule has 0 aromatic heterocycles. The molecule has 2 saturated heterocycles. The molecule has 1 N–H and O–H groups in total. The molecular formula is C11H23N3O5S2. The van der Waals surface area contributed by atoms with Crippen LogP contribution in [0.2, 0.25) is 0 Å². The van der Waals surface area contributed by atoms with Gasteiger partial charge in [-0.1, -0.05) is 0 Å². The fourth-order valence-electron chi connectivity index (χ4n) is 2.69. The predicted octanol–water partition coefficient (Wildman–Crippen LogP) is -1.73. The van der Waals surface area contributed by atoms with Crippen molar-refractivity contribution in [1.29, 1.82) is 0 Å². The van der Waals surface area contributed by atoms with Crippen molar-refractivity contribution in [1.82, 2.24) is 13.9 Å². The van der Waals surface area contributed by atoms with Crippen molar-refractivity contribution >= 4 is 20.0 Å². The minimum atomic E-state index is -3.65. The molecule has 8 nitrogen and oxygen atoms in total. The van der Waals surface area contributed by atoms with Gasteiger partial charge in [0.1, 0.15) is 0 Å². The molecule has 1 unspecified atom stereocenters. The van der Waals surface area contributed by atoms with E-state index in [1.807, 2.05) is 0 Å². The highest BCUT2D eigenvalue weighted by atomic mass is 32.2. The molecule has 0 bridgehead atoms. The van der Waals surface area contributed by atoms with Crippen LogP contribution >= 0.6 is 0 Å². The quantitative estimate of drug-likeness (QED) is 0.617. The number of nitrogens with one attached hydrogen (secondary N) is 1. The van der Waals surface area contributed by atoms with Crippen LogP contribution in [0, 0.1) is 0 Å². The number of hydrogen-bond donors (Lipinski definition) is 1. The minimum Gasteiger partial charge on any atom is -0.383 e. The van der Waals surface area contributed by atoms with Crippen LogP contribution in [0.25, 0.3) is 0 Å². The molecule has 10 heteroatoms. The van der Waals surface area contributed by atoms with E-state index in [4.69, 9.17) is 4.74 Å². The zero-order valence-electron chi connectivity index (χ0n) is 12.2. The number of hydrogen-bond acceptors (Lipinski definition) is 6. The van der Waals surface area contributed by atoms with Gasteiger partial charge >= 0.3 is 0 Å². The van der Waals surface area contributed by atoms with Crippen LogP contribution in [0.5, 0.6) is 0 Å². The van der Waals surface area contributed by atoms with Crippen molar-refractivity contribution in [3.8, 4) is 0 Å². The second-order valence-corrected chi connectivity index (χ2v) is 9.43. The molecular weight excluding hydrogens is 318 g/mol. The van der Waals surface area contributed by atoms with Crippen molar-refractivity contribution < 1.29 is 21.6 Å². The lowest BCUT2D eigenvalue weighted by molar-refractivity contribution is 0.164. The minimum absolute atomic E-state index is 0.0538. The summed E-state index contributed by atoms with van der Waals surface area (Å²) >= 11 is 0. The standard InChI is InChI=1S/C11H23N3O5S2/c1-19-8-7-14(11-2-9-20(15,16)10-11)21(17,18)13-5-3-12-4-6-13/h11-12H,2-10H2,1H3. The smallest absolute Gasteiger partial charge is 0.282 e. The summed E-state index contributed by atoms with van der Waals surface area (Å²) in [4.78, 5) is 0. The first-order valence-electron chi connectivity index (χ1n) is 7.04. The van der Waals surface area contributed by atoms with Crippen LogP contribution in [-0.2, 0) is 24.8 Å². The van der Waals surface area contributed by atoms with E-state index in [-0.39, 0.29) is 24.7 Å². The molecule has 0 spiro atoms. The third-order valence-electron chi connectivity index (χ3n) is 3.83. The molecule has 2 fully saturated rings. The van der Waals surface area contributed by atoms with Crippen molar-refractivity contribution in [2.24, 2.45) is 0 Å². The largest absolute Gasteiger partial charge is 0.383 e. The van der Waals surface area contributed by atoms with Gasteiger partial charge in [-0.15, -0.1) is 0 Å². The van der Waals surface area contributed by atoms with Gasteiger partial charge in [-0.2, -0.15) is 17.0 Å². The highest BCUT2D eigenvalue weighted by molar-refractivity contribution is 7.91. The zero-order chi connectivity index (χ0) is 15.5. The normalized spacial score (nSPS) is 27.2. The first kappa shape index (κ1) is 17.1. The van der Waals surface area contributed by atoms with Gasteiger partial charge in [-0.3, -0.25) is 0 Å². The molecule has 0 aromatic carbocycles. The Bertz CT molecular complexity index is 542. The van der Waals surface area contributed by atoms with E-state index in [0.29, 0.717) is 32.6 Å². The van der Waals surface area contributed by atoms with Gasteiger partial charge in [0.05, 0.1) is 18.1 Å². The Labute approximate surface area is 126 Å². The van der Waals surface area contributed by atoms with E-state index >= 15 is 0 Å². The Morgan fingerprint density at radius 1 is 1.33 bits per heavy atom. The van der Waals surface area contributed by atoms with Gasteiger partial charge in [0.25, 0.3) is 10.2 Å². The summed E-state index contributed by atoms with van der Waals surface area (Å²) in [5, 5.41) is 3.11. The first-order valence-corrected chi connectivity index (χ1v) is 10.3. The van der Waals surface area contributed by atoms with Crippen LogP contribution in [-0.4, -0.2) is 89.4 Å². The number of ether oxygens (including phenoxy) is 1. The number of methoxy groups -OCH3 is 1. The number of nitrogens with zero attached hydrogens (tertiary/aromatic N) is 2. The van der Waals surface area contributed by atoms with Crippen LogP contribution in [0.1, 0.15) is 6.42 Å². The summed E-state index contributed by atoms with van der Waals surface area (Å²) in [6.07, 6.45) is 0.358. The molecule has 0 radical (unpaired) electrons. The van der Waals surface area contributed by atoms with E-state index in [2.05, 4.69) is 5.32 Å². The Hall–Kier alpha value is -0.260. The van der Waals surface area contributed by atoms with Gasteiger partial charge in [0.2, 0.25) is 0 Å². The molecule has 2 aliphatic rings. The third kappa shape index (κ3) is 4.14. The highest BCUT2D eigenvalue weighted by Crippen LogP contribution is 2.22. The van der Waals surface area contributed by atoms with Crippen molar-refractivity contribution in [2.45, 2.75) is 12.5 Å². The van der Waals surface area contributed by atoms with E-state index in [9.17, 15) is 16.8 Å². The third-order valence-corrected chi connectivity index (χ3v) is 7.67. The summed E-state index contributed by atoms with van der Waals surface area (Å²) in [7, 11) is -5.28. The Balaban J connectivity index is 2.18. The second kappa shape index (κ2) is 6.88. The maximum Gasteiger partial charge on any atom is 0.282 e. The topological polar surface area (TPSA) is 96.0 Å². The van der Waals surface area contributed by atoms with Crippen LogP contribution in [0.15, 0.2) is 0 Å². The predicted molar refractivity (Wildman–Crippen MR) is 79.0 cm³/mol. The summed E-state index contributed by atoms with van der Waals surface area (Å²) in [5.41, 5.74) is 0. The summed E-state index contributed by atoms with van der Waals surface area (Å²) in [5.74, 6) is -0.0414. The van der Waals surface area contributed by atoms with Gasteiger partial charge < -0.3 is 10.1 Å². The molecule has 2 aliphatic heterocycles. The molecule has 124 valence electrons. The maximum absolute atomic E-state index is 12.8. The van der Waals surface area contributed by atoms with E-state index in [1.165, 1.54) is 15.7 Å². The highest BCUT2D eigenvalue weighted by Gasteiger charge is 2.40. The lowest BCUT2D eigenvalue weighted by atomic mass is 10.3. The van der Waals surface area contributed by atoms with Crippen LogP contribution in [0.4, 0.5) is 0 Å². The van der Waals surface area contributed by atoms with Crippen molar-refractivity contribution in [3.05, 3.63) is 0 Å². The van der Waals surface area contributed by atoms with Crippen LogP contribution in [0.3, 0.4) is 0 Å². The SMILES string of the molecule is COCCN(C1CCS(=O)(=O)C1)S(=O)(=O)N1CCNCC1. The molecule has 0 aromatic rings. The molecule has 21 heavy (non-hydrogen) atoms. The fraction of sp³-hybridized carbons (Fsp3) is 1.00. The Morgan fingerprint density at radius 2 is 2.00 bits per heavy atom. The van der Waals surface area contributed by atoms with Gasteiger partial charge in [0, 0.05) is 45.9 Å². The van der Waals surface area contributed by atoms with E-state index in [0.717, 1.165) is 0 Å². The summed E-state index contributed by atoms with van der Waals surface area (Å²) < 4.78 is 56.5. The molecule has 0 saturated carbocycles. The average molecular weight is 341 g/mol. The number of rotatable bonds is 6. The molecule has 0 aliphatic carbocycles. The maximum atomic E-state index is 12.8. The first-order chi connectivity index (χ1) is 9.87. The fourth-order valence-corrected chi connectivity index (χ4v) is 6.32. The summed E-state index contributed by atoms with van der Waals surface area (Å²) in [6.45, 7) is 2.47. The Morgan fingerprint density at radius 3 is 2.52 bits per heavy atom. The number of piperazine rings is 1. The van der Waals surface area contributed by atoms with Gasteiger partial charge in [-0.25, -0.2) is 8.42 Å².